The lowest BCUT2D eigenvalue weighted by atomic mass is 10.1. The second-order valence-electron chi connectivity index (χ2n) is 8.57. The molecule has 0 aromatic heterocycles. The number of carbonyl (C=O) groups is 2. The van der Waals surface area contributed by atoms with Crippen molar-refractivity contribution < 1.29 is 27.5 Å². The van der Waals surface area contributed by atoms with E-state index in [0.29, 0.717) is 21.4 Å². The summed E-state index contributed by atoms with van der Waals surface area (Å²) in [6.07, 6.45) is 0. The molecule has 0 saturated heterocycles. The Balaban J connectivity index is 2.07. The van der Waals surface area contributed by atoms with Crippen molar-refractivity contribution in [2.45, 2.75) is 24.4 Å². The second kappa shape index (κ2) is 13.5. The fraction of sp³-hybridized carbons (Fsp3) is 0.259. The molecule has 0 spiro atoms. The topological polar surface area (TPSA) is 105 Å². The van der Waals surface area contributed by atoms with Gasteiger partial charge in [0.25, 0.3) is 10.0 Å². The Hall–Kier alpha value is -3.18. The molecule has 9 nitrogen and oxygen atoms in total. The first-order valence-electron chi connectivity index (χ1n) is 11.9. The molecule has 0 aliphatic heterocycles. The smallest absolute Gasteiger partial charge is 0.264 e. The Morgan fingerprint density at radius 2 is 1.55 bits per heavy atom. The molecule has 1 unspecified atom stereocenters. The van der Waals surface area contributed by atoms with Gasteiger partial charge >= 0.3 is 0 Å². The van der Waals surface area contributed by atoms with E-state index in [2.05, 4.69) is 5.32 Å². The first-order chi connectivity index (χ1) is 18.9. The van der Waals surface area contributed by atoms with Crippen LogP contribution >= 0.6 is 34.8 Å². The summed E-state index contributed by atoms with van der Waals surface area (Å²) in [5.41, 5.74) is 0.786. The van der Waals surface area contributed by atoms with Crippen molar-refractivity contribution in [1.29, 1.82) is 0 Å². The molecule has 1 N–H and O–H groups in total. The van der Waals surface area contributed by atoms with E-state index in [1.165, 1.54) is 68.6 Å². The first-order valence-corrected chi connectivity index (χ1v) is 14.5. The number of nitrogens with zero attached hydrogens (tertiary/aromatic N) is 2. The SMILES string of the molecule is CNC(=O)C(C)N(Cc1ccc(Cl)c(Cl)c1)C(=O)CN(c1ccc(Cl)cc1)S(=O)(=O)c1ccc(OC)c(OC)c1. The average molecular weight is 629 g/mol. The van der Waals surface area contributed by atoms with Gasteiger partial charge in [-0.15, -0.1) is 0 Å². The van der Waals surface area contributed by atoms with Crippen molar-refractivity contribution in [3.63, 3.8) is 0 Å². The molecular weight excluding hydrogens is 601 g/mol. The Bertz CT molecular complexity index is 1490. The van der Waals surface area contributed by atoms with Crippen LogP contribution in [0.4, 0.5) is 5.69 Å². The van der Waals surface area contributed by atoms with Gasteiger partial charge in [-0.2, -0.15) is 0 Å². The molecule has 0 radical (unpaired) electrons. The molecule has 13 heteroatoms. The van der Waals surface area contributed by atoms with Gasteiger partial charge in [0.1, 0.15) is 12.6 Å². The van der Waals surface area contributed by atoms with Crippen molar-refractivity contribution in [3.8, 4) is 11.5 Å². The van der Waals surface area contributed by atoms with E-state index < -0.39 is 34.4 Å². The molecule has 0 saturated carbocycles. The average Bonchev–Trinajstić information content (AvgIpc) is 2.95. The largest absolute Gasteiger partial charge is 0.493 e. The number of amides is 2. The zero-order valence-electron chi connectivity index (χ0n) is 22.2. The summed E-state index contributed by atoms with van der Waals surface area (Å²) in [6, 6.07) is 14.0. The summed E-state index contributed by atoms with van der Waals surface area (Å²) in [6.45, 7) is 0.889. The summed E-state index contributed by atoms with van der Waals surface area (Å²) in [5, 5.41) is 3.51. The third kappa shape index (κ3) is 7.11. The van der Waals surface area contributed by atoms with E-state index in [9.17, 15) is 18.0 Å². The summed E-state index contributed by atoms with van der Waals surface area (Å²) >= 11 is 18.2. The molecule has 2 amide bonds. The maximum absolute atomic E-state index is 14.0. The minimum absolute atomic E-state index is 0.0326. The van der Waals surface area contributed by atoms with Crippen LogP contribution in [0.25, 0.3) is 0 Å². The van der Waals surface area contributed by atoms with Crippen LogP contribution in [0.1, 0.15) is 12.5 Å². The number of methoxy groups -OCH3 is 2. The Morgan fingerprint density at radius 1 is 0.900 bits per heavy atom. The van der Waals surface area contributed by atoms with Crippen LogP contribution < -0.4 is 19.1 Å². The zero-order valence-corrected chi connectivity index (χ0v) is 25.2. The molecular formula is C27H28Cl3N3O6S. The van der Waals surface area contributed by atoms with Gasteiger partial charge in [-0.25, -0.2) is 8.42 Å². The van der Waals surface area contributed by atoms with Gasteiger partial charge in [-0.05, 0) is 61.0 Å². The normalized spacial score (nSPS) is 11.9. The standard InChI is InChI=1S/C27H28Cl3N3O6S/c1-17(27(35)31-2)32(15-18-5-11-22(29)23(30)13-18)26(34)16-33(20-8-6-19(28)7-9-20)40(36,37)21-10-12-24(38-3)25(14-21)39-4/h5-14,17H,15-16H2,1-4H3,(H,31,35). The third-order valence-electron chi connectivity index (χ3n) is 6.09. The van der Waals surface area contributed by atoms with Gasteiger partial charge in [0.05, 0.1) is 34.8 Å². The summed E-state index contributed by atoms with van der Waals surface area (Å²) in [5.74, 6) is -0.543. The number of carbonyl (C=O) groups excluding carboxylic acids is 2. The van der Waals surface area contributed by atoms with E-state index in [4.69, 9.17) is 44.3 Å². The number of halogens is 3. The van der Waals surface area contributed by atoms with Crippen LogP contribution in [-0.4, -0.2) is 59.0 Å². The maximum Gasteiger partial charge on any atom is 0.264 e. The summed E-state index contributed by atoms with van der Waals surface area (Å²) in [7, 11) is -0.0591. The van der Waals surface area contributed by atoms with Crippen LogP contribution in [0, 0.1) is 0 Å². The van der Waals surface area contributed by atoms with Crippen molar-refractivity contribution in [1.82, 2.24) is 10.2 Å². The van der Waals surface area contributed by atoms with Gasteiger partial charge in [-0.3, -0.25) is 13.9 Å². The van der Waals surface area contributed by atoms with Crippen LogP contribution in [0.2, 0.25) is 15.1 Å². The lowest BCUT2D eigenvalue weighted by molar-refractivity contribution is -0.139. The van der Waals surface area contributed by atoms with Crippen molar-refractivity contribution >= 4 is 62.3 Å². The molecule has 0 bridgehead atoms. The number of anilines is 1. The number of rotatable bonds is 11. The van der Waals surface area contributed by atoms with Gasteiger partial charge in [0.15, 0.2) is 11.5 Å². The lowest BCUT2D eigenvalue weighted by Gasteiger charge is -2.32. The highest BCUT2D eigenvalue weighted by Gasteiger charge is 2.33. The predicted octanol–water partition coefficient (Wildman–Crippen LogP) is 5.02. The number of ether oxygens (including phenoxy) is 2. The van der Waals surface area contributed by atoms with Gasteiger partial charge in [0.2, 0.25) is 11.8 Å². The Morgan fingerprint density at radius 3 is 2.12 bits per heavy atom. The first kappa shape index (κ1) is 31.3. The quantitative estimate of drug-likeness (QED) is 0.320. The van der Waals surface area contributed by atoms with Crippen LogP contribution in [0.15, 0.2) is 65.6 Å². The molecule has 0 aliphatic carbocycles. The minimum atomic E-state index is -4.32. The molecule has 40 heavy (non-hydrogen) atoms. The fourth-order valence-corrected chi connectivity index (χ4v) is 5.74. The van der Waals surface area contributed by atoms with Crippen molar-refractivity contribution in [2.24, 2.45) is 0 Å². The highest BCUT2D eigenvalue weighted by molar-refractivity contribution is 7.92. The molecule has 3 rings (SSSR count). The zero-order chi connectivity index (χ0) is 29.6. The maximum atomic E-state index is 14.0. The van der Waals surface area contributed by atoms with Gasteiger partial charge < -0.3 is 19.7 Å². The van der Waals surface area contributed by atoms with Crippen LogP contribution in [-0.2, 0) is 26.2 Å². The van der Waals surface area contributed by atoms with E-state index in [1.807, 2.05) is 0 Å². The van der Waals surface area contributed by atoms with E-state index in [0.717, 1.165) is 4.31 Å². The number of likely N-dealkylation sites (N-methyl/N-ethyl adjacent to an activating group) is 1. The molecule has 0 fully saturated rings. The molecule has 214 valence electrons. The number of benzene rings is 3. The van der Waals surface area contributed by atoms with Crippen LogP contribution in [0.3, 0.4) is 0 Å². The minimum Gasteiger partial charge on any atom is -0.493 e. The molecule has 0 heterocycles. The van der Waals surface area contributed by atoms with Crippen molar-refractivity contribution in [2.75, 3.05) is 32.1 Å². The predicted molar refractivity (Wildman–Crippen MR) is 156 cm³/mol. The van der Waals surface area contributed by atoms with Gasteiger partial charge in [0, 0.05) is 24.7 Å². The lowest BCUT2D eigenvalue weighted by Crippen LogP contribution is -2.50. The number of hydrogen-bond acceptors (Lipinski definition) is 6. The second-order valence-corrected chi connectivity index (χ2v) is 11.7. The monoisotopic (exact) mass is 627 g/mol. The van der Waals surface area contributed by atoms with Crippen LogP contribution in [0.5, 0.6) is 11.5 Å². The fourth-order valence-electron chi connectivity index (χ4n) is 3.87. The molecule has 1 atom stereocenters. The van der Waals surface area contributed by atoms with Crippen molar-refractivity contribution in [3.05, 3.63) is 81.3 Å². The Labute approximate surface area is 248 Å². The highest BCUT2D eigenvalue weighted by atomic mass is 35.5. The van der Waals surface area contributed by atoms with Gasteiger partial charge in [-0.1, -0.05) is 40.9 Å². The van der Waals surface area contributed by atoms with E-state index >= 15 is 0 Å². The Kier molecular flexibility index (Phi) is 10.5. The number of sulfonamides is 1. The molecule has 0 aliphatic rings. The summed E-state index contributed by atoms with van der Waals surface area (Å²) < 4.78 is 39.4. The molecule has 3 aromatic rings. The molecule has 3 aromatic carbocycles. The van der Waals surface area contributed by atoms with E-state index in [1.54, 1.807) is 25.1 Å². The third-order valence-corrected chi connectivity index (χ3v) is 8.85. The van der Waals surface area contributed by atoms with E-state index in [-0.39, 0.29) is 27.9 Å². The number of hydrogen-bond donors (Lipinski definition) is 1. The number of nitrogens with one attached hydrogen (secondary N) is 1. The highest BCUT2D eigenvalue weighted by Crippen LogP contribution is 2.33. The summed E-state index contributed by atoms with van der Waals surface area (Å²) in [4.78, 5) is 27.5.